The van der Waals surface area contributed by atoms with Gasteiger partial charge < -0.3 is 14.0 Å². The van der Waals surface area contributed by atoms with Crippen LogP contribution in [0.3, 0.4) is 0 Å². The van der Waals surface area contributed by atoms with Crippen molar-refractivity contribution in [3.63, 3.8) is 0 Å². The minimum Gasteiger partial charge on any atom is -0.497 e. The Hall–Kier alpha value is -2.75. The molecule has 136 valence electrons. The second kappa shape index (κ2) is 8.56. The molecule has 0 bridgehead atoms. The molecule has 0 radical (unpaired) electrons. The van der Waals surface area contributed by atoms with Crippen LogP contribution in [-0.2, 0) is 13.0 Å². The quantitative estimate of drug-likeness (QED) is 0.576. The van der Waals surface area contributed by atoms with Crippen molar-refractivity contribution in [2.24, 2.45) is 0 Å². The molecule has 3 aromatic rings. The SMILES string of the molecule is CCCCc1c(-c2ccccc2OC)ncn1Cc1ccc(OC)cc1. The highest BCUT2D eigenvalue weighted by atomic mass is 16.5. The van der Waals surface area contributed by atoms with Crippen LogP contribution in [0.4, 0.5) is 0 Å². The van der Waals surface area contributed by atoms with Crippen LogP contribution in [-0.4, -0.2) is 23.8 Å². The second-order valence-electron chi connectivity index (χ2n) is 6.32. The summed E-state index contributed by atoms with van der Waals surface area (Å²) in [7, 11) is 3.39. The molecule has 0 saturated carbocycles. The molecule has 0 saturated heterocycles. The van der Waals surface area contributed by atoms with E-state index in [0.29, 0.717) is 0 Å². The van der Waals surface area contributed by atoms with Gasteiger partial charge in [-0.3, -0.25) is 0 Å². The van der Waals surface area contributed by atoms with Crippen LogP contribution >= 0.6 is 0 Å². The van der Waals surface area contributed by atoms with Gasteiger partial charge in [-0.05, 0) is 42.7 Å². The Morgan fingerprint density at radius 1 is 0.962 bits per heavy atom. The zero-order valence-electron chi connectivity index (χ0n) is 15.7. The molecule has 1 heterocycles. The molecular formula is C22H26N2O2. The molecule has 0 spiro atoms. The average Bonchev–Trinajstić information content (AvgIpc) is 3.09. The number of ether oxygens (including phenoxy) is 2. The predicted octanol–water partition coefficient (Wildman–Crippen LogP) is 4.96. The first-order valence-electron chi connectivity index (χ1n) is 9.07. The summed E-state index contributed by atoms with van der Waals surface area (Å²) in [5.41, 5.74) is 4.55. The van der Waals surface area contributed by atoms with Gasteiger partial charge in [-0.2, -0.15) is 0 Å². The Balaban J connectivity index is 1.96. The molecule has 0 aliphatic carbocycles. The molecule has 4 nitrogen and oxygen atoms in total. The lowest BCUT2D eigenvalue weighted by atomic mass is 10.1. The zero-order valence-corrected chi connectivity index (χ0v) is 15.7. The standard InChI is InChI=1S/C22H26N2O2/c1-4-5-9-20-22(19-8-6-7-10-21(19)26-3)23-16-24(20)15-17-11-13-18(25-2)14-12-17/h6-8,10-14,16H,4-5,9,15H2,1-3H3. The molecule has 4 heteroatoms. The highest BCUT2D eigenvalue weighted by Gasteiger charge is 2.16. The third-order valence-electron chi connectivity index (χ3n) is 4.59. The molecule has 0 unspecified atom stereocenters. The van der Waals surface area contributed by atoms with Gasteiger partial charge in [0.25, 0.3) is 0 Å². The van der Waals surface area contributed by atoms with Gasteiger partial charge in [0, 0.05) is 17.8 Å². The largest absolute Gasteiger partial charge is 0.497 e. The minimum atomic E-state index is 0.797. The van der Waals surface area contributed by atoms with Crippen molar-refractivity contribution in [3.05, 3.63) is 66.1 Å². The molecule has 0 aliphatic heterocycles. The number of hydrogen-bond donors (Lipinski definition) is 0. The first-order chi connectivity index (χ1) is 12.8. The van der Waals surface area contributed by atoms with E-state index >= 15 is 0 Å². The Morgan fingerprint density at radius 2 is 1.73 bits per heavy atom. The predicted molar refractivity (Wildman–Crippen MR) is 105 cm³/mol. The van der Waals surface area contributed by atoms with Crippen LogP contribution < -0.4 is 9.47 Å². The van der Waals surface area contributed by atoms with Gasteiger partial charge in [-0.25, -0.2) is 4.98 Å². The van der Waals surface area contributed by atoms with E-state index in [4.69, 9.17) is 14.5 Å². The van der Waals surface area contributed by atoms with Crippen molar-refractivity contribution in [2.45, 2.75) is 32.7 Å². The van der Waals surface area contributed by atoms with Crippen LogP contribution in [0.5, 0.6) is 11.5 Å². The maximum atomic E-state index is 5.55. The van der Waals surface area contributed by atoms with Crippen LogP contribution in [0, 0.1) is 0 Å². The number of imidazole rings is 1. The fraction of sp³-hybridized carbons (Fsp3) is 0.318. The Labute approximate surface area is 155 Å². The number of para-hydroxylation sites is 1. The first kappa shape index (κ1) is 18.1. The molecule has 0 amide bonds. The van der Waals surface area contributed by atoms with Crippen LogP contribution in [0.2, 0.25) is 0 Å². The molecule has 0 atom stereocenters. The number of benzene rings is 2. The first-order valence-corrected chi connectivity index (χ1v) is 9.07. The summed E-state index contributed by atoms with van der Waals surface area (Å²) in [6, 6.07) is 16.3. The van der Waals surface area contributed by atoms with Gasteiger partial charge in [0.2, 0.25) is 0 Å². The number of methoxy groups -OCH3 is 2. The van der Waals surface area contributed by atoms with Crippen molar-refractivity contribution < 1.29 is 9.47 Å². The highest BCUT2D eigenvalue weighted by molar-refractivity contribution is 5.69. The van der Waals surface area contributed by atoms with E-state index in [0.717, 1.165) is 48.6 Å². The summed E-state index contributed by atoms with van der Waals surface area (Å²) in [5, 5.41) is 0. The fourth-order valence-electron chi connectivity index (χ4n) is 3.14. The Morgan fingerprint density at radius 3 is 2.42 bits per heavy atom. The highest BCUT2D eigenvalue weighted by Crippen LogP contribution is 2.32. The summed E-state index contributed by atoms with van der Waals surface area (Å²) in [4.78, 5) is 4.74. The maximum absolute atomic E-state index is 5.55. The van der Waals surface area contributed by atoms with Crippen molar-refractivity contribution in [1.29, 1.82) is 0 Å². The summed E-state index contributed by atoms with van der Waals surface area (Å²) in [6.07, 6.45) is 5.23. The monoisotopic (exact) mass is 350 g/mol. The van der Waals surface area contributed by atoms with E-state index in [1.54, 1.807) is 14.2 Å². The van der Waals surface area contributed by atoms with Crippen molar-refractivity contribution in [3.8, 4) is 22.8 Å². The molecule has 1 aromatic heterocycles. The normalized spacial score (nSPS) is 10.7. The number of nitrogens with zero attached hydrogens (tertiary/aromatic N) is 2. The molecule has 0 fully saturated rings. The number of unbranched alkanes of at least 4 members (excludes halogenated alkanes) is 1. The number of rotatable bonds is 8. The number of aromatic nitrogens is 2. The molecular weight excluding hydrogens is 324 g/mol. The van der Waals surface area contributed by atoms with Crippen LogP contribution in [0.25, 0.3) is 11.3 Å². The average molecular weight is 350 g/mol. The topological polar surface area (TPSA) is 36.3 Å². The lowest BCUT2D eigenvalue weighted by molar-refractivity contribution is 0.414. The van der Waals surface area contributed by atoms with E-state index in [9.17, 15) is 0 Å². The summed E-state index contributed by atoms with van der Waals surface area (Å²) < 4.78 is 13.0. The van der Waals surface area contributed by atoms with Crippen molar-refractivity contribution in [2.75, 3.05) is 14.2 Å². The maximum Gasteiger partial charge on any atom is 0.128 e. The van der Waals surface area contributed by atoms with Gasteiger partial charge in [-0.15, -0.1) is 0 Å². The van der Waals surface area contributed by atoms with Crippen LogP contribution in [0.15, 0.2) is 54.9 Å². The molecule has 0 N–H and O–H groups in total. The second-order valence-corrected chi connectivity index (χ2v) is 6.32. The summed E-state index contributed by atoms with van der Waals surface area (Å²) >= 11 is 0. The van der Waals surface area contributed by atoms with E-state index in [1.807, 2.05) is 36.7 Å². The third kappa shape index (κ3) is 3.90. The zero-order chi connectivity index (χ0) is 18.4. The van der Waals surface area contributed by atoms with Gasteiger partial charge in [0.15, 0.2) is 0 Å². The van der Waals surface area contributed by atoms with Gasteiger partial charge in [-0.1, -0.05) is 37.6 Å². The lowest BCUT2D eigenvalue weighted by Crippen LogP contribution is -2.04. The van der Waals surface area contributed by atoms with Gasteiger partial charge in [0.05, 0.1) is 26.2 Å². The molecule has 3 rings (SSSR count). The van der Waals surface area contributed by atoms with Crippen molar-refractivity contribution in [1.82, 2.24) is 9.55 Å². The number of hydrogen-bond acceptors (Lipinski definition) is 3. The molecule has 0 aliphatic rings. The summed E-state index contributed by atoms with van der Waals surface area (Å²) in [6.45, 7) is 3.01. The van der Waals surface area contributed by atoms with E-state index < -0.39 is 0 Å². The van der Waals surface area contributed by atoms with Gasteiger partial charge >= 0.3 is 0 Å². The van der Waals surface area contributed by atoms with E-state index in [2.05, 4.69) is 29.7 Å². The fourth-order valence-corrected chi connectivity index (χ4v) is 3.14. The minimum absolute atomic E-state index is 0.797. The van der Waals surface area contributed by atoms with Gasteiger partial charge in [0.1, 0.15) is 11.5 Å². The van der Waals surface area contributed by atoms with E-state index in [-0.39, 0.29) is 0 Å². The lowest BCUT2D eigenvalue weighted by Gasteiger charge is -2.12. The summed E-state index contributed by atoms with van der Waals surface area (Å²) in [5.74, 6) is 1.74. The van der Waals surface area contributed by atoms with Crippen molar-refractivity contribution >= 4 is 0 Å². The van der Waals surface area contributed by atoms with E-state index in [1.165, 1.54) is 11.3 Å². The Kier molecular flexibility index (Phi) is 5.95. The smallest absolute Gasteiger partial charge is 0.128 e. The molecule has 26 heavy (non-hydrogen) atoms. The van der Waals surface area contributed by atoms with Crippen LogP contribution in [0.1, 0.15) is 31.0 Å². The Bertz CT molecular complexity index is 838. The molecule has 2 aromatic carbocycles. The third-order valence-corrected chi connectivity index (χ3v) is 4.59.